The van der Waals surface area contributed by atoms with Crippen molar-refractivity contribution in [3.63, 3.8) is 0 Å². The quantitative estimate of drug-likeness (QED) is 0.444. The van der Waals surface area contributed by atoms with Gasteiger partial charge in [0.05, 0.1) is 46.6 Å². The number of aromatic nitrogens is 1. The minimum atomic E-state index is -1.21. The van der Waals surface area contributed by atoms with Crippen molar-refractivity contribution < 1.29 is 29.4 Å². The van der Waals surface area contributed by atoms with E-state index in [4.69, 9.17) is 14.6 Å². The molecule has 1 aromatic heterocycles. The molecule has 0 unspecified atom stereocenters. The number of ether oxygens (including phenoxy) is 2. The Morgan fingerprint density at radius 1 is 0.871 bits per heavy atom. The first-order valence-corrected chi connectivity index (χ1v) is 8.14. The average Bonchev–Trinajstić information content (AvgIpc) is 2.72. The number of non-ortho nitro benzene ring substituents is 1. The highest BCUT2D eigenvalue weighted by Crippen LogP contribution is 2.39. The highest BCUT2D eigenvalue weighted by Gasteiger charge is 2.30. The molecule has 0 saturated carbocycles. The van der Waals surface area contributed by atoms with E-state index < -0.39 is 37.6 Å². The molecule has 162 valence electrons. The molecule has 2 aromatic carbocycles. The third kappa shape index (κ3) is 4.81. The van der Waals surface area contributed by atoms with Crippen LogP contribution >= 0.6 is 0 Å². The molecule has 2 N–H and O–H groups in total. The molecule has 0 saturated heterocycles. The molecule has 3 rings (SSSR count). The molecular weight excluding hydrogens is 420 g/mol. The van der Waals surface area contributed by atoms with Crippen LogP contribution in [-0.4, -0.2) is 39.1 Å². The summed E-state index contributed by atoms with van der Waals surface area (Å²) < 4.78 is 10.3. The number of fused-ring (bicyclic) bond motifs is 1. The molecule has 1 heterocycles. The second kappa shape index (κ2) is 9.17. The van der Waals surface area contributed by atoms with Crippen molar-refractivity contribution in [3.8, 4) is 17.2 Å². The van der Waals surface area contributed by atoms with Crippen LogP contribution in [-0.2, 0) is 0 Å². The molecule has 31 heavy (non-hydrogen) atoms. The van der Waals surface area contributed by atoms with Gasteiger partial charge in [-0.3, -0.25) is 35.1 Å². The van der Waals surface area contributed by atoms with E-state index in [0.29, 0.717) is 29.1 Å². The maximum Gasteiger partial charge on any atom is 0.324 e. The summed E-state index contributed by atoms with van der Waals surface area (Å²) in [6.45, 7) is 0. The van der Waals surface area contributed by atoms with Crippen molar-refractivity contribution in [2.24, 2.45) is 0 Å². The van der Waals surface area contributed by atoms with E-state index in [-0.39, 0.29) is 5.56 Å². The molecule has 0 bridgehead atoms. The monoisotopic (exact) mass is 434 g/mol. The minimum absolute atomic E-state index is 0.205. The molecule has 0 radical (unpaired) electrons. The zero-order valence-corrected chi connectivity index (χ0v) is 15.9. The minimum Gasteiger partial charge on any atom is -0.497 e. The summed E-state index contributed by atoms with van der Waals surface area (Å²) >= 11 is 0. The molecule has 14 nitrogen and oxygen atoms in total. The van der Waals surface area contributed by atoms with Gasteiger partial charge in [-0.05, 0) is 12.1 Å². The van der Waals surface area contributed by atoms with Gasteiger partial charge in [0.2, 0.25) is 0 Å². The number of phenolic OH excluding ortho intramolecular Hbond substituents is 1. The maximum absolute atomic E-state index is 11.3. The summed E-state index contributed by atoms with van der Waals surface area (Å²) in [7, 11) is 3.10. The number of para-hydroxylation sites is 1. The number of hydrogen-bond acceptors (Lipinski definition) is 10. The van der Waals surface area contributed by atoms with Gasteiger partial charge in [-0.2, -0.15) is 0 Å². The van der Waals surface area contributed by atoms with E-state index >= 15 is 0 Å². The lowest BCUT2D eigenvalue weighted by Crippen LogP contribution is -2.05. The third-order valence-electron chi connectivity index (χ3n) is 3.90. The first kappa shape index (κ1) is 22.5. The van der Waals surface area contributed by atoms with Crippen molar-refractivity contribution in [2.45, 2.75) is 0 Å². The van der Waals surface area contributed by atoms with Gasteiger partial charge >= 0.3 is 11.4 Å². The van der Waals surface area contributed by atoms with Crippen molar-refractivity contribution in [2.75, 3.05) is 14.2 Å². The fraction of sp³-hybridized carbons (Fsp3) is 0.118. The number of methoxy groups -OCH3 is 2. The number of nitro benzene ring substituents is 3. The maximum atomic E-state index is 11.3. The largest absolute Gasteiger partial charge is 0.497 e. The molecule has 0 aliphatic carbocycles. The zero-order valence-electron chi connectivity index (χ0n) is 15.9. The molecule has 0 aliphatic heterocycles. The lowest BCUT2D eigenvalue weighted by atomic mass is 10.2. The normalized spacial score (nSPS) is 10.0. The van der Waals surface area contributed by atoms with E-state index in [1.807, 2.05) is 12.1 Å². The predicted molar refractivity (Wildman–Crippen MR) is 106 cm³/mol. The Labute approximate surface area is 171 Å². The van der Waals surface area contributed by atoms with Crippen molar-refractivity contribution in [1.82, 2.24) is 4.98 Å². The number of phenols is 1. The van der Waals surface area contributed by atoms with Crippen LogP contribution in [0.3, 0.4) is 0 Å². The summed E-state index contributed by atoms with van der Waals surface area (Å²) in [5.74, 6) is -0.0308. The van der Waals surface area contributed by atoms with Crippen molar-refractivity contribution in [3.05, 3.63) is 77.1 Å². The number of hydrogen-bond donors (Lipinski definition) is 2. The molecular formula is C17H14N4O10. The number of benzene rings is 2. The van der Waals surface area contributed by atoms with Crippen LogP contribution < -0.4 is 15.0 Å². The van der Waals surface area contributed by atoms with Crippen LogP contribution in [0, 0.1) is 30.3 Å². The Bertz CT molecular complexity index is 1200. The van der Waals surface area contributed by atoms with E-state index in [2.05, 4.69) is 4.98 Å². The molecule has 0 spiro atoms. The van der Waals surface area contributed by atoms with Crippen LogP contribution in [0.25, 0.3) is 10.9 Å². The van der Waals surface area contributed by atoms with Gasteiger partial charge in [-0.15, -0.1) is 0 Å². The highest BCUT2D eigenvalue weighted by molar-refractivity contribution is 5.89. The van der Waals surface area contributed by atoms with Gasteiger partial charge in [0.25, 0.3) is 17.0 Å². The van der Waals surface area contributed by atoms with E-state index in [1.165, 1.54) is 13.2 Å². The lowest BCUT2D eigenvalue weighted by Gasteiger charge is -2.07. The van der Waals surface area contributed by atoms with Gasteiger partial charge in [0.15, 0.2) is 0 Å². The van der Waals surface area contributed by atoms with Crippen LogP contribution in [0.2, 0.25) is 0 Å². The standard InChI is InChI=1S/C11H11NO3.C6H3N3O7/c1-14-8-5-3-4-7-9(15-2)6-10(13)12-11(7)8;10-6-4(8(13)14)1-3(7(11)12)2-5(6)9(15)16/h3-6H,1-2H3,(H,12,13);1-2,10H. The first-order chi connectivity index (χ1) is 14.6. The number of nitrogens with zero attached hydrogens (tertiary/aromatic N) is 3. The summed E-state index contributed by atoms with van der Waals surface area (Å²) in [5.41, 5.74) is -2.55. The highest BCUT2D eigenvalue weighted by atomic mass is 16.6. The lowest BCUT2D eigenvalue weighted by molar-refractivity contribution is -0.404. The Balaban J connectivity index is 0.000000220. The van der Waals surface area contributed by atoms with Crippen molar-refractivity contribution >= 4 is 28.0 Å². The Morgan fingerprint density at radius 2 is 1.42 bits per heavy atom. The van der Waals surface area contributed by atoms with E-state index in [1.54, 1.807) is 13.2 Å². The van der Waals surface area contributed by atoms with Gasteiger partial charge < -0.3 is 19.6 Å². The molecule has 0 amide bonds. The number of pyridine rings is 1. The van der Waals surface area contributed by atoms with Crippen LogP contribution in [0.15, 0.2) is 41.2 Å². The van der Waals surface area contributed by atoms with Crippen molar-refractivity contribution in [1.29, 1.82) is 0 Å². The van der Waals surface area contributed by atoms with Crippen LogP contribution in [0.1, 0.15) is 0 Å². The Kier molecular flexibility index (Phi) is 6.66. The fourth-order valence-electron chi connectivity index (χ4n) is 2.53. The summed E-state index contributed by atoms with van der Waals surface area (Å²) in [4.78, 5) is 41.8. The number of H-pyrrole nitrogens is 1. The predicted octanol–water partition coefficient (Wildman–Crippen LogP) is 2.66. The SMILES string of the molecule is COc1cc(=O)[nH]c2c(OC)cccc12.O=[N+]([O-])c1cc([N+](=O)[O-])c(O)c([N+](=O)[O-])c1. The molecule has 0 atom stereocenters. The van der Waals surface area contributed by atoms with Gasteiger partial charge in [-0.1, -0.05) is 6.07 Å². The topological polar surface area (TPSA) is 201 Å². The van der Waals surface area contributed by atoms with E-state index in [0.717, 1.165) is 5.39 Å². The smallest absolute Gasteiger partial charge is 0.324 e. The molecule has 3 aromatic rings. The van der Waals surface area contributed by atoms with Gasteiger partial charge in [0.1, 0.15) is 11.5 Å². The number of aromatic amines is 1. The molecule has 0 fully saturated rings. The zero-order chi connectivity index (χ0) is 23.3. The molecule has 0 aliphatic rings. The second-order valence-electron chi connectivity index (χ2n) is 5.69. The number of nitro groups is 3. The van der Waals surface area contributed by atoms with Gasteiger partial charge in [-0.25, -0.2) is 0 Å². The van der Waals surface area contributed by atoms with Crippen LogP contribution in [0.5, 0.6) is 17.2 Å². The van der Waals surface area contributed by atoms with Crippen LogP contribution in [0.4, 0.5) is 17.1 Å². The summed E-state index contributed by atoms with van der Waals surface area (Å²) in [6, 6.07) is 7.82. The third-order valence-corrected chi connectivity index (χ3v) is 3.90. The summed E-state index contributed by atoms with van der Waals surface area (Å²) in [5, 5.41) is 41.0. The average molecular weight is 434 g/mol. The second-order valence-corrected chi connectivity index (χ2v) is 5.69. The number of rotatable bonds is 5. The fourth-order valence-corrected chi connectivity index (χ4v) is 2.53. The first-order valence-electron chi connectivity index (χ1n) is 8.14. The number of aromatic hydroxyl groups is 1. The van der Waals surface area contributed by atoms with Gasteiger partial charge in [0, 0.05) is 11.5 Å². The Morgan fingerprint density at radius 3 is 1.87 bits per heavy atom. The Hall–Kier alpha value is -4.75. The number of nitrogens with one attached hydrogen (secondary N) is 1. The van der Waals surface area contributed by atoms with E-state index in [9.17, 15) is 35.1 Å². The molecule has 14 heteroatoms. The summed E-state index contributed by atoms with van der Waals surface area (Å²) in [6.07, 6.45) is 0.